The second-order valence-electron chi connectivity index (χ2n) is 7.20. The van der Waals surface area contributed by atoms with Crippen LogP contribution in [-0.4, -0.2) is 23.7 Å². The summed E-state index contributed by atoms with van der Waals surface area (Å²) in [5.41, 5.74) is 1.31. The molecule has 0 bridgehead atoms. The normalized spacial score (nSPS) is 22.4. The van der Waals surface area contributed by atoms with Crippen LogP contribution in [-0.2, 0) is 11.2 Å². The van der Waals surface area contributed by atoms with Gasteiger partial charge in [0.1, 0.15) is 0 Å². The Balaban J connectivity index is 1.88. The molecule has 0 radical (unpaired) electrons. The maximum Gasteiger partial charge on any atom is 0.307 e. The van der Waals surface area contributed by atoms with Gasteiger partial charge in [0.15, 0.2) is 0 Å². The fourth-order valence-corrected chi connectivity index (χ4v) is 3.73. The highest BCUT2D eigenvalue weighted by Crippen LogP contribution is 2.29. The van der Waals surface area contributed by atoms with Crippen molar-refractivity contribution in [1.82, 2.24) is 5.32 Å². The summed E-state index contributed by atoms with van der Waals surface area (Å²) < 4.78 is 0. The van der Waals surface area contributed by atoms with E-state index in [1.807, 2.05) is 12.1 Å². The van der Waals surface area contributed by atoms with Crippen molar-refractivity contribution in [3.8, 4) is 0 Å². The van der Waals surface area contributed by atoms with E-state index in [9.17, 15) is 9.90 Å². The van der Waals surface area contributed by atoms with Crippen LogP contribution in [0.1, 0.15) is 45.1 Å². The fourth-order valence-electron chi connectivity index (χ4n) is 3.61. The number of hydrogen-bond acceptors (Lipinski definition) is 2. The van der Waals surface area contributed by atoms with E-state index in [0.29, 0.717) is 24.4 Å². The first-order chi connectivity index (χ1) is 11.0. The van der Waals surface area contributed by atoms with Gasteiger partial charge in [0.2, 0.25) is 0 Å². The van der Waals surface area contributed by atoms with E-state index in [0.717, 1.165) is 24.3 Å². The third kappa shape index (κ3) is 5.82. The molecule has 23 heavy (non-hydrogen) atoms. The second-order valence-corrected chi connectivity index (χ2v) is 7.64. The third-order valence-corrected chi connectivity index (χ3v) is 5.05. The number of hydrogen-bond donors (Lipinski definition) is 2. The summed E-state index contributed by atoms with van der Waals surface area (Å²) in [5.74, 6) is 0.0289. The Kier molecular flexibility index (Phi) is 6.91. The molecule has 4 heteroatoms. The minimum absolute atomic E-state index is 0.285. The van der Waals surface area contributed by atoms with E-state index in [1.165, 1.54) is 18.4 Å². The molecule has 3 nitrogen and oxygen atoms in total. The van der Waals surface area contributed by atoms with Crippen molar-refractivity contribution < 1.29 is 9.90 Å². The van der Waals surface area contributed by atoms with Crippen LogP contribution in [0, 0.1) is 17.8 Å². The van der Waals surface area contributed by atoms with Gasteiger partial charge in [-0.2, -0.15) is 0 Å². The Morgan fingerprint density at radius 2 is 2.00 bits per heavy atom. The number of aliphatic carboxylic acids is 1. The summed E-state index contributed by atoms with van der Waals surface area (Å²) in [6.07, 6.45) is 5.35. The predicted octanol–water partition coefficient (Wildman–Crippen LogP) is 4.39. The van der Waals surface area contributed by atoms with E-state index in [2.05, 4.69) is 31.3 Å². The smallest absolute Gasteiger partial charge is 0.307 e. The molecule has 2 N–H and O–H groups in total. The van der Waals surface area contributed by atoms with Crippen LogP contribution in [0.15, 0.2) is 24.3 Å². The van der Waals surface area contributed by atoms with E-state index in [4.69, 9.17) is 11.6 Å². The van der Waals surface area contributed by atoms with Gasteiger partial charge in [-0.1, -0.05) is 44.0 Å². The van der Waals surface area contributed by atoms with Gasteiger partial charge >= 0.3 is 5.97 Å². The van der Waals surface area contributed by atoms with Crippen LogP contribution >= 0.6 is 11.6 Å². The summed E-state index contributed by atoms with van der Waals surface area (Å²) in [5, 5.41) is 13.7. The number of halogens is 1. The van der Waals surface area contributed by atoms with E-state index in [1.54, 1.807) is 0 Å². The largest absolute Gasteiger partial charge is 0.481 e. The zero-order valence-corrected chi connectivity index (χ0v) is 14.9. The zero-order chi connectivity index (χ0) is 16.8. The van der Waals surface area contributed by atoms with Gasteiger partial charge in [-0.25, -0.2) is 0 Å². The molecule has 0 amide bonds. The second kappa shape index (κ2) is 8.70. The predicted molar refractivity (Wildman–Crippen MR) is 94.9 cm³/mol. The highest BCUT2D eigenvalue weighted by Gasteiger charge is 2.28. The Hall–Kier alpha value is -1.06. The first kappa shape index (κ1) is 18.3. The average Bonchev–Trinajstić information content (AvgIpc) is 2.92. The molecule has 1 aliphatic rings. The summed E-state index contributed by atoms with van der Waals surface area (Å²) in [4.78, 5) is 11.4. The molecule has 1 fully saturated rings. The standard InChI is InChI=1S/C19H28ClNO2/c1-13(2)10-16(19(22)23)12-21-18-5-3-4-15(18)11-14-6-8-17(20)9-7-14/h6-9,13,15-16,18,21H,3-5,10-12H2,1-2H3,(H,22,23). The molecule has 128 valence electrons. The number of nitrogens with one attached hydrogen (secondary N) is 1. The molecule has 3 atom stereocenters. The molecule has 0 heterocycles. The third-order valence-electron chi connectivity index (χ3n) is 4.80. The number of rotatable bonds is 8. The van der Waals surface area contributed by atoms with E-state index in [-0.39, 0.29) is 5.92 Å². The van der Waals surface area contributed by atoms with E-state index >= 15 is 0 Å². The van der Waals surface area contributed by atoms with E-state index < -0.39 is 5.97 Å². The Labute approximate surface area is 144 Å². The molecular formula is C19H28ClNO2. The number of benzene rings is 1. The van der Waals surface area contributed by atoms with Crippen LogP contribution in [0.3, 0.4) is 0 Å². The lowest BCUT2D eigenvalue weighted by Gasteiger charge is -2.24. The topological polar surface area (TPSA) is 49.3 Å². The van der Waals surface area contributed by atoms with Crippen molar-refractivity contribution in [2.24, 2.45) is 17.8 Å². The minimum atomic E-state index is -0.682. The Bertz CT molecular complexity index is 501. The molecule has 0 aliphatic heterocycles. The number of carboxylic acid groups (broad SMARTS) is 1. The summed E-state index contributed by atoms with van der Waals surface area (Å²) in [7, 11) is 0. The molecule has 1 saturated carbocycles. The van der Waals surface area contributed by atoms with Gasteiger partial charge < -0.3 is 10.4 Å². The highest BCUT2D eigenvalue weighted by molar-refractivity contribution is 6.30. The first-order valence-corrected chi connectivity index (χ1v) is 9.04. The molecule has 1 aliphatic carbocycles. The van der Waals surface area contributed by atoms with Gasteiger partial charge in [-0.05, 0) is 55.2 Å². The summed E-state index contributed by atoms with van der Waals surface area (Å²) in [6.45, 7) is 4.74. The lowest BCUT2D eigenvalue weighted by Crippen LogP contribution is -2.39. The van der Waals surface area contributed by atoms with Crippen molar-refractivity contribution in [3.63, 3.8) is 0 Å². The first-order valence-electron chi connectivity index (χ1n) is 8.66. The van der Waals surface area contributed by atoms with Crippen LogP contribution in [0.5, 0.6) is 0 Å². The Morgan fingerprint density at radius 1 is 1.30 bits per heavy atom. The summed E-state index contributed by atoms with van der Waals surface area (Å²) >= 11 is 5.94. The molecule has 3 unspecified atom stereocenters. The van der Waals surface area contributed by atoms with Crippen molar-refractivity contribution in [1.29, 1.82) is 0 Å². The van der Waals surface area contributed by atoms with Crippen LogP contribution in [0.2, 0.25) is 5.02 Å². The molecule has 0 saturated heterocycles. The zero-order valence-electron chi connectivity index (χ0n) is 14.1. The quantitative estimate of drug-likeness (QED) is 0.739. The molecule has 1 aromatic rings. The van der Waals surface area contributed by atoms with Gasteiger partial charge in [-0.15, -0.1) is 0 Å². The minimum Gasteiger partial charge on any atom is -0.481 e. The van der Waals surface area contributed by atoms with Crippen molar-refractivity contribution in [2.45, 2.75) is 52.0 Å². The maximum absolute atomic E-state index is 11.4. The van der Waals surface area contributed by atoms with Crippen LogP contribution in [0.4, 0.5) is 0 Å². The molecule has 0 aromatic heterocycles. The van der Waals surface area contributed by atoms with Gasteiger partial charge in [0, 0.05) is 17.6 Å². The SMILES string of the molecule is CC(C)CC(CNC1CCCC1Cc1ccc(Cl)cc1)C(=O)O. The van der Waals surface area contributed by atoms with Gasteiger partial charge in [-0.3, -0.25) is 4.79 Å². The number of carboxylic acids is 1. The lowest BCUT2D eigenvalue weighted by molar-refractivity contribution is -0.142. The highest BCUT2D eigenvalue weighted by atomic mass is 35.5. The molecule has 0 spiro atoms. The van der Waals surface area contributed by atoms with Crippen molar-refractivity contribution >= 4 is 17.6 Å². The van der Waals surface area contributed by atoms with Gasteiger partial charge in [0.05, 0.1) is 5.92 Å². The monoisotopic (exact) mass is 337 g/mol. The Morgan fingerprint density at radius 3 is 2.61 bits per heavy atom. The molecule has 1 aromatic carbocycles. The van der Waals surface area contributed by atoms with Crippen molar-refractivity contribution in [2.75, 3.05) is 6.54 Å². The van der Waals surface area contributed by atoms with Gasteiger partial charge in [0.25, 0.3) is 0 Å². The maximum atomic E-state index is 11.4. The molecular weight excluding hydrogens is 310 g/mol. The number of carbonyl (C=O) groups is 1. The summed E-state index contributed by atoms with van der Waals surface area (Å²) in [6, 6.07) is 8.50. The fraction of sp³-hybridized carbons (Fsp3) is 0.632. The van der Waals surface area contributed by atoms with Crippen LogP contribution < -0.4 is 5.32 Å². The lowest BCUT2D eigenvalue weighted by atomic mass is 9.93. The molecule has 2 rings (SSSR count). The van der Waals surface area contributed by atoms with Crippen LogP contribution in [0.25, 0.3) is 0 Å². The van der Waals surface area contributed by atoms with Crippen molar-refractivity contribution in [3.05, 3.63) is 34.9 Å². The average molecular weight is 338 g/mol.